The number of carboxylic acids is 1. The van der Waals surface area contributed by atoms with E-state index in [1.165, 1.54) is 23.5 Å². The van der Waals surface area contributed by atoms with E-state index in [1.807, 2.05) is 47.8 Å². The van der Waals surface area contributed by atoms with Gasteiger partial charge < -0.3 is 9.90 Å². The zero-order valence-corrected chi connectivity index (χ0v) is 14.8. The van der Waals surface area contributed by atoms with E-state index in [2.05, 4.69) is 10.3 Å². The SMILES string of the molecule is O=C([O-])c1ccccc1C(=O)Nc1nc(-c2ccc3ccccc3c2)cs1. The van der Waals surface area contributed by atoms with E-state index >= 15 is 0 Å². The summed E-state index contributed by atoms with van der Waals surface area (Å²) in [4.78, 5) is 28.0. The number of anilines is 1. The Hall–Kier alpha value is -3.51. The molecule has 1 heterocycles. The maximum Gasteiger partial charge on any atom is 0.258 e. The molecule has 5 nitrogen and oxygen atoms in total. The van der Waals surface area contributed by atoms with Crippen LogP contribution in [0.2, 0.25) is 0 Å². The van der Waals surface area contributed by atoms with Gasteiger partial charge in [0.1, 0.15) is 0 Å². The number of nitrogens with zero attached hydrogens (tertiary/aromatic N) is 1. The van der Waals surface area contributed by atoms with Crippen molar-refractivity contribution in [1.29, 1.82) is 0 Å². The summed E-state index contributed by atoms with van der Waals surface area (Å²) in [6, 6.07) is 20.0. The highest BCUT2D eigenvalue weighted by Crippen LogP contribution is 2.28. The van der Waals surface area contributed by atoms with Gasteiger partial charge in [0.15, 0.2) is 5.13 Å². The number of fused-ring (bicyclic) bond motifs is 1. The van der Waals surface area contributed by atoms with Gasteiger partial charge in [-0.1, -0.05) is 54.6 Å². The third-order valence-corrected chi connectivity index (χ3v) is 4.92. The van der Waals surface area contributed by atoms with E-state index in [0.29, 0.717) is 5.13 Å². The second-order valence-electron chi connectivity index (χ2n) is 5.89. The largest absolute Gasteiger partial charge is 0.545 e. The van der Waals surface area contributed by atoms with Gasteiger partial charge >= 0.3 is 0 Å². The molecule has 132 valence electrons. The Morgan fingerprint density at radius 3 is 2.37 bits per heavy atom. The number of carboxylic acid groups (broad SMARTS) is 1. The molecule has 1 N–H and O–H groups in total. The first kappa shape index (κ1) is 16.9. The molecule has 1 aromatic heterocycles. The Labute approximate surface area is 158 Å². The number of hydrogen-bond acceptors (Lipinski definition) is 5. The predicted octanol–water partition coefficient (Wildman–Crippen LogP) is 3.58. The lowest BCUT2D eigenvalue weighted by Crippen LogP contribution is -2.26. The summed E-state index contributed by atoms with van der Waals surface area (Å²) in [5.74, 6) is -1.93. The summed E-state index contributed by atoms with van der Waals surface area (Å²) in [5.41, 5.74) is 1.58. The van der Waals surface area contributed by atoms with Crippen LogP contribution in [0.25, 0.3) is 22.0 Å². The van der Waals surface area contributed by atoms with Crippen LogP contribution < -0.4 is 10.4 Å². The number of aromatic carboxylic acids is 1. The van der Waals surface area contributed by atoms with Crippen molar-refractivity contribution >= 4 is 39.1 Å². The minimum atomic E-state index is -1.39. The molecule has 1 amide bonds. The van der Waals surface area contributed by atoms with Crippen LogP contribution in [0.15, 0.2) is 72.1 Å². The third kappa shape index (κ3) is 3.43. The van der Waals surface area contributed by atoms with Gasteiger partial charge in [0.2, 0.25) is 0 Å². The van der Waals surface area contributed by atoms with Crippen molar-refractivity contribution in [3.63, 3.8) is 0 Å². The van der Waals surface area contributed by atoms with Gasteiger partial charge in [-0.25, -0.2) is 4.98 Å². The van der Waals surface area contributed by atoms with E-state index in [0.717, 1.165) is 22.0 Å². The smallest absolute Gasteiger partial charge is 0.258 e. The van der Waals surface area contributed by atoms with Crippen LogP contribution in [-0.4, -0.2) is 16.9 Å². The van der Waals surface area contributed by atoms with E-state index in [-0.39, 0.29) is 11.1 Å². The molecule has 0 aliphatic heterocycles. The first-order valence-electron chi connectivity index (χ1n) is 8.18. The Morgan fingerprint density at radius 1 is 0.889 bits per heavy atom. The van der Waals surface area contributed by atoms with Crippen molar-refractivity contribution in [2.75, 3.05) is 5.32 Å². The van der Waals surface area contributed by atoms with Crippen LogP contribution in [-0.2, 0) is 0 Å². The standard InChI is InChI=1S/C21H14N2O3S/c24-19(16-7-3-4-8-17(16)20(25)26)23-21-22-18(12-27-21)15-10-9-13-5-1-2-6-14(13)11-15/h1-12H,(H,25,26)(H,22,23,24)/p-1. The Kier molecular flexibility index (Phi) is 4.40. The summed E-state index contributed by atoms with van der Waals surface area (Å²) in [5, 5.41) is 18.3. The number of carbonyl (C=O) groups excluding carboxylic acids is 2. The van der Waals surface area contributed by atoms with Crippen LogP contribution in [0, 0.1) is 0 Å². The molecule has 0 fully saturated rings. The van der Waals surface area contributed by atoms with Crippen molar-refractivity contribution in [2.24, 2.45) is 0 Å². The molecule has 6 heteroatoms. The number of rotatable bonds is 4. The number of thiazole rings is 1. The molecule has 4 aromatic rings. The molecule has 3 aromatic carbocycles. The second-order valence-corrected chi connectivity index (χ2v) is 6.75. The lowest BCUT2D eigenvalue weighted by molar-refractivity contribution is -0.255. The first-order valence-corrected chi connectivity index (χ1v) is 9.06. The summed E-state index contributed by atoms with van der Waals surface area (Å²) >= 11 is 1.28. The van der Waals surface area contributed by atoms with Crippen molar-refractivity contribution in [3.8, 4) is 11.3 Å². The molecule has 0 saturated heterocycles. The van der Waals surface area contributed by atoms with Gasteiger partial charge in [-0.2, -0.15) is 0 Å². The number of benzene rings is 3. The Balaban J connectivity index is 1.59. The zero-order valence-electron chi connectivity index (χ0n) is 14.0. The highest BCUT2D eigenvalue weighted by Gasteiger charge is 2.14. The number of amides is 1. The van der Waals surface area contributed by atoms with Crippen molar-refractivity contribution in [2.45, 2.75) is 0 Å². The average molecular weight is 373 g/mol. The number of hydrogen-bond donors (Lipinski definition) is 1. The maximum absolute atomic E-state index is 12.4. The minimum absolute atomic E-state index is 0.0416. The van der Waals surface area contributed by atoms with Gasteiger partial charge in [0.05, 0.1) is 11.7 Å². The lowest BCUT2D eigenvalue weighted by atomic mass is 10.1. The van der Waals surface area contributed by atoms with Crippen LogP contribution in [0.4, 0.5) is 5.13 Å². The van der Waals surface area contributed by atoms with Crippen LogP contribution in [0.1, 0.15) is 20.7 Å². The van der Waals surface area contributed by atoms with Crippen molar-refractivity contribution in [3.05, 3.63) is 83.2 Å². The molecule has 0 atom stereocenters. The molecular weight excluding hydrogens is 360 g/mol. The summed E-state index contributed by atoms with van der Waals surface area (Å²) in [6.45, 7) is 0. The molecule has 0 radical (unpaired) electrons. The highest BCUT2D eigenvalue weighted by atomic mass is 32.1. The summed E-state index contributed by atoms with van der Waals surface area (Å²) < 4.78 is 0. The highest BCUT2D eigenvalue weighted by molar-refractivity contribution is 7.14. The summed E-state index contributed by atoms with van der Waals surface area (Å²) in [6.07, 6.45) is 0. The predicted molar refractivity (Wildman–Crippen MR) is 104 cm³/mol. The second kappa shape index (κ2) is 7.01. The van der Waals surface area contributed by atoms with Crippen LogP contribution in [0.3, 0.4) is 0 Å². The molecule has 0 saturated carbocycles. The van der Waals surface area contributed by atoms with E-state index in [9.17, 15) is 14.7 Å². The normalized spacial score (nSPS) is 10.7. The fourth-order valence-electron chi connectivity index (χ4n) is 2.84. The molecule has 27 heavy (non-hydrogen) atoms. The fraction of sp³-hybridized carbons (Fsp3) is 0. The first-order chi connectivity index (χ1) is 13.1. The van der Waals surface area contributed by atoms with Crippen LogP contribution >= 0.6 is 11.3 Å². The van der Waals surface area contributed by atoms with Gasteiger partial charge in [0.25, 0.3) is 5.91 Å². The summed E-state index contributed by atoms with van der Waals surface area (Å²) in [7, 11) is 0. The van der Waals surface area contributed by atoms with E-state index in [4.69, 9.17) is 0 Å². The minimum Gasteiger partial charge on any atom is -0.545 e. The van der Waals surface area contributed by atoms with E-state index < -0.39 is 11.9 Å². The molecule has 0 aliphatic carbocycles. The molecular formula is C21H13N2O3S-. The number of nitrogens with one attached hydrogen (secondary N) is 1. The lowest BCUT2D eigenvalue weighted by Gasteiger charge is -2.09. The van der Waals surface area contributed by atoms with E-state index in [1.54, 1.807) is 12.1 Å². The molecule has 0 unspecified atom stereocenters. The zero-order chi connectivity index (χ0) is 18.8. The van der Waals surface area contributed by atoms with Crippen molar-refractivity contribution in [1.82, 2.24) is 4.98 Å². The van der Waals surface area contributed by atoms with Crippen molar-refractivity contribution < 1.29 is 14.7 Å². The monoisotopic (exact) mass is 373 g/mol. The van der Waals surface area contributed by atoms with Gasteiger partial charge in [-0.15, -0.1) is 11.3 Å². The topological polar surface area (TPSA) is 82.1 Å². The quantitative estimate of drug-likeness (QED) is 0.593. The average Bonchev–Trinajstić information content (AvgIpc) is 3.16. The van der Waals surface area contributed by atoms with Gasteiger partial charge in [-0.3, -0.25) is 10.1 Å². The molecule has 0 spiro atoms. The van der Waals surface area contributed by atoms with Crippen LogP contribution in [0.5, 0.6) is 0 Å². The fourth-order valence-corrected chi connectivity index (χ4v) is 3.55. The Morgan fingerprint density at radius 2 is 1.59 bits per heavy atom. The number of aromatic nitrogens is 1. The molecule has 0 bridgehead atoms. The molecule has 0 aliphatic rings. The Bertz CT molecular complexity index is 1170. The number of carbonyl (C=O) groups is 2. The third-order valence-electron chi connectivity index (χ3n) is 4.16. The maximum atomic E-state index is 12.4. The molecule has 4 rings (SSSR count). The van der Waals surface area contributed by atoms with Gasteiger partial charge in [0, 0.05) is 22.1 Å². The van der Waals surface area contributed by atoms with Gasteiger partial charge in [-0.05, 0) is 22.9 Å².